The predicted octanol–water partition coefficient (Wildman–Crippen LogP) is 8.93. The lowest BCUT2D eigenvalue weighted by Gasteiger charge is -2.32. The first-order valence-corrected chi connectivity index (χ1v) is 39.1. The van der Waals surface area contributed by atoms with Crippen LogP contribution in [0.15, 0.2) is 187 Å². The smallest absolute Gasteiger partial charge is 0.462 e. The molecule has 3 fully saturated rings. The van der Waals surface area contributed by atoms with Gasteiger partial charge in [-0.3, -0.25) is 52.6 Å². The van der Waals surface area contributed by atoms with Crippen LogP contribution in [0.1, 0.15) is 150 Å². The van der Waals surface area contributed by atoms with E-state index in [1.54, 1.807) is 93.6 Å². The summed E-state index contributed by atoms with van der Waals surface area (Å²) in [5, 5.41) is 55.1. The monoisotopic (exact) mass is 1790 g/mol. The molecule has 6 heterocycles. The number of aromatic nitrogens is 6. The summed E-state index contributed by atoms with van der Waals surface area (Å²) in [6.07, 6.45) is -6.87. The van der Waals surface area contributed by atoms with Crippen LogP contribution in [0.4, 0.5) is 22.0 Å². The first-order chi connectivity index (χ1) is 57.1. The number of carbonyl (C=O) groups is 4. The molecule has 3 aromatic heterocycles. The molecule has 11 N–H and O–H groups in total. The van der Waals surface area contributed by atoms with E-state index in [1.807, 2.05) is 40.9 Å². The van der Waals surface area contributed by atoms with Gasteiger partial charge in [-0.05, 0) is 117 Å². The zero-order valence-electron chi connectivity index (χ0n) is 68.2. The Hall–Kier alpha value is -10.9. The number of hydrogen-bond donors (Lipinski definition) is 11. The molecule has 3 aliphatic rings. The molecule has 3 aliphatic heterocycles. The molecule has 36 nitrogen and oxygen atoms in total. The number of ether oxygens (including phenoxy) is 7. The molecule has 0 saturated carbocycles. The minimum absolute atomic E-state index is 0. The van der Waals surface area contributed by atoms with E-state index in [1.165, 1.54) is 77.9 Å². The van der Waals surface area contributed by atoms with Gasteiger partial charge in [-0.15, -0.1) is 0 Å². The van der Waals surface area contributed by atoms with E-state index in [0.717, 1.165) is 34.1 Å². The van der Waals surface area contributed by atoms with Gasteiger partial charge in [0.15, 0.2) is 18.1 Å². The molecular formula is C80H105F5N8O28P2. The van der Waals surface area contributed by atoms with Gasteiger partial charge in [0, 0.05) is 42.6 Å². The van der Waals surface area contributed by atoms with Gasteiger partial charge in [0.25, 0.3) is 16.7 Å². The van der Waals surface area contributed by atoms with Crippen molar-refractivity contribution in [3.8, 4) is 17.2 Å². The van der Waals surface area contributed by atoms with Crippen molar-refractivity contribution >= 4 is 39.4 Å². The second kappa shape index (κ2) is 46.5. The van der Waals surface area contributed by atoms with E-state index in [-0.39, 0.29) is 59.3 Å². The summed E-state index contributed by atoms with van der Waals surface area (Å²) in [4.78, 5) is 124. The summed E-state index contributed by atoms with van der Waals surface area (Å²) in [6, 6.07) is 28.7. The number of carbonyl (C=O) groups excluding carboxylic acids is 4. The number of aliphatic hydroxyl groups is 5. The Kier molecular flexibility index (Phi) is 38.2. The van der Waals surface area contributed by atoms with Crippen LogP contribution in [0.3, 0.4) is 0 Å². The number of hydrogen-bond acceptors (Lipinski definition) is 28. The summed E-state index contributed by atoms with van der Waals surface area (Å²) in [6.45, 7) is 15.9. The second-order valence-corrected chi connectivity index (χ2v) is 30.7. The standard InChI is InChI=1S/C22H30N3O10P.C22H24O5.C18H17F5NO5P.C10H14N2O6.C4H4N2O2.4CH4/c1-13(2)33-19(28)14(3)24-36(31,35-15-8-6-5-7-9-15)32-12-16-18(27)22(4,30)20(34-16)25-11-10-17(26)23-21(25)29;1-4-18-15(2)22(3,27-20(24)17-13-9-6-10-14-17)21(25-18)26-19(23)16-11-7-5-8-12-16;1-9(2)27-18(25)10(3)24-30(26,28-11-7-5-4-6-8-11)29-17-15(22)13(20)12(19)14(21)16(17)23;1-10(17)7(15)5(4-13)18-8(10)12-3-2-6(14)11-9(12)16;7-3-1-2-5-4(8)6-3;;;;/h5-11,13-14,16,18,20,27,30H,12H2,1-4H3,(H,24,31)(H,23,26,29);5-15,18,21H,4H2,1-3H3;4-10H,1-3H3,(H,24,26);2-3,5,7-8,13,15,17H,4H2,1H3,(H,11,14,16);1-2H,(H2,5,6,7,8);4*1H4/t14-,16+,18+,20+,22+,36-;15-,18-,21?,22-;10-,30+;5-,7-,8-,10-;;;;;/m0101...../s1/i10D;;;2D;1D;;;;. The maximum absolute atomic E-state index is 14.0. The van der Waals surface area contributed by atoms with Gasteiger partial charge in [-0.25, -0.2) is 46.3 Å². The fraction of sp³-hybridized carbons (Fsp3) is 0.425. The minimum atomic E-state index is -4.91. The van der Waals surface area contributed by atoms with Crippen molar-refractivity contribution in [2.75, 3.05) is 13.2 Å². The second-order valence-electron chi connectivity index (χ2n) is 27.4. The molecule has 1 unspecified atom stereocenters. The minimum Gasteiger partial charge on any atom is -0.462 e. The highest BCUT2D eigenvalue weighted by atomic mass is 31.2. The molecule has 16 atom stereocenters. The maximum atomic E-state index is 14.0. The Labute approximate surface area is 706 Å². The van der Waals surface area contributed by atoms with Crippen LogP contribution in [-0.2, 0) is 56.4 Å². The van der Waals surface area contributed by atoms with Crippen molar-refractivity contribution in [2.45, 2.75) is 203 Å². The molecule has 8 aromatic rings. The van der Waals surface area contributed by atoms with E-state index < -0.39 is 218 Å². The maximum Gasteiger partial charge on any atom is 0.513 e. The van der Waals surface area contributed by atoms with E-state index in [4.69, 9.17) is 55.9 Å². The number of rotatable bonds is 25. The van der Waals surface area contributed by atoms with Crippen molar-refractivity contribution in [1.82, 2.24) is 39.2 Å². The van der Waals surface area contributed by atoms with E-state index in [2.05, 4.69) is 19.7 Å². The third kappa shape index (κ3) is 28.1. The molecule has 0 radical (unpaired) electrons. The van der Waals surface area contributed by atoms with Gasteiger partial charge in [-0.2, -0.15) is 19.0 Å². The van der Waals surface area contributed by atoms with E-state index >= 15 is 0 Å². The average Bonchev–Trinajstić information content (AvgIpc) is 1.58. The Morgan fingerprint density at radius 1 is 0.553 bits per heavy atom. The van der Waals surface area contributed by atoms with Gasteiger partial charge in [0.1, 0.15) is 59.2 Å². The van der Waals surface area contributed by atoms with Crippen LogP contribution in [0.5, 0.6) is 17.2 Å². The number of esters is 4. The summed E-state index contributed by atoms with van der Waals surface area (Å²) in [5.74, 6) is -16.3. The summed E-state index contributed by atoms with van der Waals surface area (Å²) >= 11 is 0. The van der Waals surface area contributed by atoms with Crippen molar-refractivity contribution in [3.05, 3.63) is 261 Å². The summed E-state index contributed by atoms with van der Waals surface area (Å²) in [7, 11) is -9.21. The topological polar surface area (TPSA) is 505 Å². The quantitative estimate of drug-likeness (QED) is 0.00635. The largest absolute Gasteiger partial charge is 0.513 e. The molecule has 0 amide bonds. The highest BCUT2D eigenvalue weighted by Crippen LogP contribution is 2.50. The van der Waals surface area contributed by atoms with Crippen molar-refractivity contribution in [3.63, 3.8) is 0 Å². The number of H-pyrrole nitrogens is 4. The lowest BCUT2D eigenvalue weighted by Crippen LogP contribution is -2.47. The average molecular weight is 1790 g/mol. The van der Waals surface area contributed by atoms with Crippen LogP contribution >= 0.6 is 15.5 Å². The first kappa shape index (κ1) is 101. The highest BCUT2D eigenvalue weighted by molar-refractivity contribution is 7.52. The zero-order chi connectivity index (χ0) is 90.8. The first-order valence-electron chi connectivity index (χ1n) is 37.5. The van der Waals surface area contributed by atoms with Crippen LogP contribution in [0.2, 0.25) is 0 Å². The number of nitrogens with one attached hydrogen (secondary N) is 6. The van der Waals surface area contributed by atoms with Gasteiger partial charge < -0.3 is 77.2 Å². The SMILES string of the molecule is C.C.C.C.CC(C)OC(=O)[C@H](C)N[P@@](=O)(Oc1ccccc1)Oc1c(F)c(F)c(F)c(F)c1F.CC[C@H]1OC(OC(=O)c2ccccc2)[C@](C)(OC(=O)c2ccccc2)[C@@H]1C.[2H]c1c[nH]c(=O)[nH]c1=O.[2H]c1cn([C@@H]2O[C@H](CO)[C@@H](O)[C@@]2(C)O)c(=O)[nH]c1=O.[2H]c1cn([C@@H]2O[C@H](CO[P@@](=O)(N[C@@H](C)C(=O)OC(C)C)Oc3ccccc3)[C@@H](O)[C@@]2(C)O)c(=O)[nH]c1=O. The van der Waals surface area contributed by atoms with Crippen molar-refractivity contribution in [1.29, 1.82) is 0 Å². The molecule has 678 valence electrons. The zero-order valence-corrected chi connectivity index (χ0v) is 67.0. The number of benzene rings is 5. The molecule has 43 heteroatoms. The highest BCUT2D eigenvalue weighted by Gasteiger charge is 2.58. The van der Waals surface area contributed by atoms with Crippen LogP contribution in [0.25, 0.3) is 0 Å². The normalized spacial score (nSPS) is 23.3. The van der Waals surface area contributed by atoms with Crippen LogP contribution < -0.4 is 57.5 Å². The van der Waals surface area contributed by atoms with E-state index in [9.17, 15) is 99.5 Å². The fourth-order valence-electron chi connectivity index (χ4n) is 11.1. The third-order valence-corrected chi connectivity index (χ3v) is 20.6. The van der Waals surface area contributed by atoms with E-state index in [0.29, 0.717) is 11.1 Å². The Morgan fingerprint density at radius 3 is 1.35 bits per heavy atom. The molecule has 5 aromatic carbocycles. The lowest BCUT2D eigenvalue weighted by molar-refractivity contribution is -0.169. The molecule has 0 bridgehead atoms. The third-order valence-electron chi connectivity index (χ3n) is 17.4. The lowest BCUT2D eigenvalue weighted by atomic mass is 9.87. The van der Waals surface area contributed by atoms with Crippen molar-refractivity contribution < 1.29 is 131 Å². The summed E-state index contributed by atoms with van der Waals surface area (Å²) < 4.78 is 177. The molecule has 11 rings (SSSR count). The van der Waals surface area contributed by atoms with Gasteiger partial charge >= 0.3 is 56.4 Å². The van der Waals surface area contributed by atoms with Crippen molar-refractivity contribution in [2.24, 2.45) is 5.92 Å². The summed E-state index contributed by atoms with van der Waals surface area (Å²) in [5.41, 5.74) is -9.05. The molecule has 0 aliphatic carbocycles. The number of halogens is 5. The molecule has 123 heavy (non-hydrogen) atoms. The molecular weight excluding hydrogens is 1680 g/mol. The Balaban J connectivity index is 0.000000422. The van der Waals surface area contributed by atoms with Gasteiger partial charge in [-0.1, -0.05) is 116 Å². The number of nitrogens with zero attached hydrogens (tertiary/aromatic N) is 2. The number of aliphatic hydroxyl groups excluding tert-OH is 3. The Bertz CT molecular complexity index is 5410. The predicted molar refractivity (Wildman–Crippen MR) is 435 cm³/mol. The van der Waals surface area contributed by atoms with Gasteiger partial charge in [0.05, 0.1) is 46.8 Å². The van der Waals surface area contributed by atoms with Crippen LogP contribution in [0, 0.1) is 35.0 Å². The van der Waals surface area contributed by atoms with Gasteiger partial charge in [0.2, 0.25) is 41.1 Å². The number of para-hydroxylation sites is 2. The van der Waals surface area contributed by atoms with Crippen LogP contribution in [-0.4, -0.2) is 170 Å². The molecule has 0 spiro atoms. The fourth-order valence-corrected chi connectivity index (χ4v) is 14.2. The molecule has 3 saturated heterocycles. The number of aromatic amines is 4. The Morgan fingerprint density at radius 2 is 0.943 bits per heavy atom.